The fourth-order valence-corrected chi connectivity index (χ4v) is 1.51. The molecule has 1 aromatic rings. The Hall–Kier alpha value is -2.04. The molecule has 0 aromatic heterocycles. The van der Waals surface area contributed by atoms with E-state index in [0.717, 1.165) is 11.3 Å². The number of carbonyl (C=O) groups is 2. The van der Waals surface area contributed by atoms with Crippen LogP contribution in [0.25, 0.3) is 0 Å². The molecular formula is C15H22N2O3. The van der Waals surface area contributed by atoms with Gasteiger partial charge in [0.2, 0.25) is 0 Å². The minimum atomic E-state index is -0.612. The molecule has 0 unspecified atom stereocenters. The van der Waals surface area contributed by atoms with E-state index in [9.17, 15) is 9.59 Å². The summed E-state index contributed by atoms with van der Waals surface area (Å²) in [6, 6.07) is 7.39. The monoisotopic (exact) mass is 278 g/mol. The first-order valence-electron chi connectivity index (χ1n) is 6.80. The first kappa shape index (κ1) is 16.0. The van der Waals surface area contributed by atoms with E-state index in [0.29, 0.717) is 25.6 Å². The zero-order valence-corrected chi connectivity index (χ0v) is 12.2. The van der Waals surface area contributed by atoms with Crippen LogP contribution in [0.3, 0.4) is 0 Å². The summed E-state index contributed by atoms with van der Waals surface area (Å²) in [4.78, 5) is 23.0. The van der Waals surface area contributed by atoms with Crippen LogP contribution in [0.1, 0.15) is 26.3 Å². The molecule has 0 aliphatic rings. The third-order valence-electron chi connectivity index (χ3n) is 2.56. The van der Waals surface area contributed by atoms with Crippen molar-refractivity contribution < 1.29 is 14.3 Å². The van der Waals surface area contributed by atoms with Crippen LogP contribution in [0.15, 0.2) is 24.3 Å². The molecule has 5 heteroatoms. The van der Waals surface area contributed by atoms with Gasteiger partial charge in [-0.1, -0.05) is 26.0 Å². The molecule has 0 heterocycles. The highest BCUT2D eigenvalue weighted by Crippen LogP contribution is 2.11. The van der Waals surface area contributed by atoms with Crippen molar-refractivity contribution in [3.8, 4) is 5.75 Å². The van der Waals surface area contributed by atoms with Gasteiger partial charge in [0.25, 0.3) is 0 Å². The Morgan fingerprint density at radius 1 is 1.10 bits per heavy atom. The predicted molar refractivity (Wildman–Crippen MR) is 77.3 cm³/mol. The van der Waals surface area contributed by atoms with Gasteiger partial charge in [-0.2, -0.15) is 0 Å². The van der Waals surface area contributed by atoms with Gasteiger partial charge in [0.05, 0.1) is 6.61 Å². The molecule has 1 rings (SSSR count). The zero-order valence-electron chi connectivity index (χ0n) is 12.2. The van der Waals surface area contributed by atoms with E-state index in [1.165, 1.54) is 0 Å². The number of carbonyl (C=O) groups excluding carboxylic acids is 2. The van der Waals surface area contributed by atoms with E-state index in [-0.39, 0.29) is 0 Å². The predicted octanol–water partition coefficient (Wildman–Crippen LogP) is 1.47. The van der Waals surface area contributed by atoms with Crippen LogP contribution in [-0.2, 0) is 16.1 Å². The molecule has 5 nitrogen and oxygen atoms in total. The van der Waals surface area contributed by atoms with Crippen LogP contribution in [0, 0.1) is 5.92 Å². The lowest BCUT2D eigenvalue weighted by Gasteiger charge is -2.09. The number of hydrogen-bond donors (Lipinski definition) is 2. The van der Waals surface area contributed by atoms with Crippen molar-refractivity contribution in [3.63, 3.8) is 0 Å². The van der Waals surface area contributed by atoms with Crippen LogP contribution in [0.4, 0.5) is 0 Å². The molecule has 2 N–H and O–H groups in total. The second kappa shape index (κ2) is 8.19. The Kier molecular flexibility index (Phi) is 6.56. The lowest BCUT2D eigenvalue weighted by molar-refractivity contribution is -0.139. The van der Waals surface area contributed by atoms with E-state index in [2.05, 4.69) is 10.6 Å². The summed E-state index contributed by atoms with van der Waals surface area (Å²) in [6.07, 6.45) is 0. The molecule has 0 saturated heterocycles. The second-order valence-electron chi connectivity index (χ2n) is 4.86. The van der Waals surface area contributed by atoms with E-state index >= 15 is 0 Å². The number of nitrogens with one attached hydrogen (secondary N) is 2. The Bertz CT molecular complexity index is 441. The quantitative estimate of drug-likeness (QED) is 0.774. The number of hydrogen-bond acceptors (Lipinski definition) is 3. The molecular weight excluding hydrogens is 256 g/mol. The number of rotatable bonds is 6. The van der Waals surface area contributed by atoms with Gasteiger partial charge in [-0.3, -0.25) is 9.59 Å². The summed E-state index contributed by atoms with van der Waals surface area (Å²) in [5, 5.41) is 5.16. The molecule has 2 amide bonds. The lowest BCUT2D eigenvalue weighted by Crippen LogP contribution is -2.40. The number of benzene rings is 1. The van der Waals surface area contributed by atoms with Gasteiger partial charge in [-0.25, -0.2) is 0 Å². The third-order valence-corrected chi connectivity index (χ3v) is 2.56. The van der Waals surface area contributed by atoms with Crippen LogP contribution in [0.2, 0.25) is 0 Å². The molecule has 1 aromatic carbocycles. The highest BCUT2D eigenvalue weighted by molar-refractivity contribution is 6.35. The molecule has 0 saturated carbocycles. The van der Waals surface area contributed by atoms with Crippen molar-refractivity contribution >= 4 is 11.8 Å². The van der Waals surface area contributed by atoms with Crippen molar-refractivity contribution in [3.05, 3.63) is 29.8 Å². The molecule has 0 fully saturated rings. The molecule has 0 aliphatic carbocycles. The van der Waals surface area contributed by atoms with Gasteiger partial charge in [-0.05, 0) is 30.5 Å². The maximum Gasteiger partial charge on any atom is 0.309 e. The average molecular weight is 278 g/mol. The summed E-state index contributed by atoms with van der Waals surface area (Å²) < 4.78 is 5.33. The van der Waals surface area contributed by atoms with Crippen LogP contribution in [0.5, 0.6) is 5.75 Å². The Balaban J connectivity index is 2.38. The van der Waals surface area contributed by atoms with Crippen LogP contribution < -0.4 is 15.4 Å². The Labute approximate surface area is 119 Å². The lowest BCUT2D eigenvalue weighted by atomic mass is 10.2. The Morgan fingerprint density at radius 2 is 1.70 bits per heavy atom. The molecule has 20 heavy (non-hydrogen) atoms. The van der Waals surface area contributed by atoms with Gasteiger partial charge in [0.1, 0.15) is 5.75 Å². The van der Waals surface area contributed by atoms with E-state index in [1.54, 1.807) is 0 Å². The van der Waals surface area contributed by atoms with E-state index in [4.69, 9.17) is 4.74 Å². The summed E-state index contributed by atoms with van der Waals surface area (Å²) >= 11 is 0. The molecule has 0 radical (unpaired) electrons. The molecule has 0 bridgehead atoms. The van der Waals surface area contributed by atoms with Gasteiger partial charge in [0.15, 0.2) is 0 Å². The first-order valence-corrected chi connectivity index (χ1v) is 6.80. The molecule has 110 valence electrons. The largest absolute Gasteiger partial charge is 0.494 e. The zero-order chi connectivity index (χ0) is 15.0. The smallest absolute Gasteiger partial charge is 0.309 e. The summed E-state index contributed by atoms with van der Waals surface area (Å²) in [6.45, 7) is 7.29. The average Bonchev–Trinajstić information content (AvgIpc) is 2.44. The van der Waals surface area contributed by atoms with Crippen molar-refractivity contribution in [1.29, 1.82) is 0 Å². The second-order valence-corrected chi connectivity index (χ2v) is 4.86. The SMILES string of the molecule is CCOc1ccc(CNC(=O)C(=O)NCC(C)C)cc1. The molecule has 0 spiro atoms. The highest BCUT2D eigenvalue weighted by Gasteiger charge is 2.12. The van der Waals surface area contributed by atoms with Gasteiger partial charge < -0.3 is 15.4 Å². The van der Waals surface area contributed by atoms with Crippen molar-refractivity contribution in [1.82, 2.24) is 10.6 Å². The van der Waals surface area contributed by atoms with Crippen LogP contribution in [-0.4, -0.2) is 25.0 Å². The maximum absolute atomic E-state index is 11.6. The minimum absolute atomic E-state index is 0.317. The number of ether oxygens (including phenoxy) is 1. The van der Waals surface area contributed by atoms with Crippen LogP contribution >= 0.6 is 0 Å². The van der Waals surface area contributed by atoms with Gasteiger partial charge in [-0.15, -0.1) is 0 Å². The van der Waals surface area contributed by atoms with Gasteiger partial charge >= 0.3 is 11.8 Å². The summed E-state index contributed by atoms with van der Waals surface area (Å²) in [5.41, 5.74) is 0.915. The van der Waals surface area contributed by atoms with Gasteiger partial charge in [0, 0.05) is 13.1 Å². The van der Waals surface area contributed by atoms with Crippen molar-refractivity contribution in [2.24, 2.45) is 5.92 Å². The normalized spacial score (nSPS) is 10.2. The third kappa shape index (κ3) is 5.73. The topological polar surface area (TPSA) is 67.4 Å². The summed E-state index contributed by atoms with van der Waals surface area (Å²) in [5.74, 6) is -0.0979. The minimum Gasteiger partial charge on any atom is -0.494 e. The molecule has 0 atom stereocenters. The van der Waals surface area contributed by atoms with E-state index < -0.39 is 11.8 Å². The standard InChI is InChI=1S/C15H22N2O3/c1-4-20-13-7-5-12(6-8-13)10-17-15(19)14(18)16-9-11(2)3/h5-8,11H,4,9-10H2,1-3H3,(H,16,18)(H,17,19). The fourth-order valence-electron chi connectivity index (χ4n) is 1.51. The van der Waals surface area contributed by atoms with Crippen molar-refractivity contribution in [2.45, 2.75) is 27.3 Å². The van der Waals surface area contributed by atoms with E-state index in [1.807, 2.05) is 45.0 Å². The molecule has 0 aliphatic heterocycles. The number of amides is 2. The maximum atomic E-state index is 11.6. The van der Waals surface area contributed by atoms with Crippen molar-refractivity contribution in [2.75, 3.05) is 13.2 Å². The fraction of sp³-hybridized carbons (Fsp3) is 0.467. The highest BCUT2D eigenvalue weighted by atomic mass is 16.5. The Morgan fingerprint density at radius 3 is 2.25 bits per heavy atom. The first-order chi connectivity index (χ1) is 9.52. The summed E-state index contributed by atoms with van der Waals surface area (Å²) in [7, 11) is 0.